The van der Waals surface area contributed by atoms with Crippen LogP contribution in [0.5, 0.6) is 0 Å². The molecule has 66 valence electrons. The Bertz CT molecular complexity index is 103. The molecule has 0 unspecified atom stereocenters. The van der Waals surface area contributed by atoms with Crippen molar-refractivity contribution in [2.75, 3.05) is 0 Å². The van der Waals surface area contributed by atoms with E-state index in [1.54, 1.807) is 0 Å². The fraction of sp³-hybridized carbons (Fsp3) is 1.00. The molecule has 1 heteroatoms. The van der Waals surface area contributed by atoms with Gasteiger partial charge in [0.15, 0.2) is 0 Å². The second kappa shape index (κ2) is 4.08. The Balaban J connectivity index is 2.25. The maximum Gasteiger partial charge on any atom is 0.111 e. The van der Waals surface area contributed by atoms with E-state index in [9.17, 15) is 4.39 Å². The van der Waals surface area contributed by atoms with E-state index in [2.05, 4.69) is 6.92 Å². The Morgan fingerprint density at radius 3 is 2.36 bits per heavy atom. The summed E-state index contributed by atoms with van der Waals surface area (Å²) in [5.41, 5.74) is -0.770. The zero-order valence-corrected chi connectivity index (χ0v) is 7.53. The van der Waals surface area contributed by atoms with Gasteiger partial charge in [-0.1, -0.05) is 39.0 Å². The second-order valence-corrected chi connectivity index (χ2v) is 3.82. The van der Waals surface area contributed by atoms with Crippen LogP contribution in [-0.2, 0) is 0 Å². The van der Waals surface area contributed by atoms with Gasteiger partial charge in [-0.15, -0.1) is 0 Å². The van der Waals surface area contributed by atoms with Crippen LogP contribution in [0, 0.1) is 0 Å². The number of halogens is 1. The van der Waals surface area contributed by atoms with Gasteiger partial charge >= 0.3 is 0 Å². The predicted octanol–water partition coefficient (Wildman–Crippen LogP) is 3.85. The van der Waals surface area contributed by atoms with Gasteiger partial charge in [0.05, 0.1) is 0 Å². The predicted molar refractivity (Wildman–Crippen MR) is 46.4 cm³/mol. The van der Waals surface area contributed by atoms with Crippen molar-refractivity contribution >= 4 is 0 Å². The summed E-state index contributed by atoms with van der Waals surface area (Å²) >= 11 is 0. The minimum atomic E-state index is -0.770. The van der Waals surface area contributed by atoms with Gasteiger partial charge in [0.25, 0.3) is 0 Å². The normalized spacial score (nSPS) is 23.5. The number of unbranched alkanes of at least 4 members (excludes halogenated alkanes) is 1. The monoisotopic (exact) mass is 158 g/mol. The fourth-order valence-electron chi connectivity index (χ4n) is 1.93. The summed E-state index contributed by atoms with van der Waals surface area (Å²) in [6, 6.07) is 0. The van der Waals surface area contributed by atoms with Gasteiger partial charge in [0.2, 0.25) is 0 Å². The van der Waals surface area contributed by atoms with Crippen molar-refractivity contribution in [1.29, 1.82) is 0 Å². The topological polar surface area (TPSA) is 0 Å². The summed E-state index contributed by atoms with van der Waals surface area (Å²) in [7, 11) is 0. The minimum absolute atomic E-state index is 0.770. The van der Waals surface area contributed by atoms with Crippen LogP contribution in [0.3, 0.4) is 0 Å². The molecule has 0 aromatic heterocycles. The average Bonchev–Trinajstić information content (AvgIpc) is 2.03. The van der Waals surface area contributed by atoms with Crippen LogP contribution in [0.2, 0.25) is 0 Å². The highest BCUT2D eigenvalue weighted by molar-refractivity contribution is 4.82. The molecule has 11 heavy (non-hydrogen) atoms. The van der Waals surface area contributed by atoms with E-state index in [1.807, 2.05) is 0 Å². The summed E-state index contributed by atoms with van der Waals surface area (Å²) in [5.74, 6) is 0. The van der Waals surface area contributed by atoms with Crippen molar-refractivity contribution in [3.8, 4) is 0 Å². The lowest BCUT2D eigenvalue weighted by Gasteiger charge is -2.29. The fourth-order valence-corrected chi connectivity index (χ4v) is 1.93. The molecule has 0 atom stereocenters. The van der Waals surface area contributed by atoms with E-state index in [1.165, 1.54) is 6.42 Å². The van der Waals surface area contributed by atoms with Crippen molar-refractivity contribution in [3.05, 3.63) is 0 Å². The van der Waals surface area contributed by atoms with Crippen LogP contribution in [0.25, 0.3) is 0 Å². The summed E-state index contributed by atoms with van der Waals surface area (Å²) < 4.78 is 13.8. The molecule has 0 aromatic rings. The van der Waals surface area contributed by atoms with E-state index in [-0.39, 0.29) is 0 Å². The molecule has 0 radical (unpaired) electrons. The van der Waals surface area contributed by atoms with Crippen LogP contribution in [0.4, 0.5) is 4.39 Å². The van der Waals surface area contributed by atoms with E-state index in [0.717, 1.165) is 44.9 Å². The molecule has 1 fully saturated rings. The molecule has 1 saturated carbocycles. The summed E-state index contributed by atoms with van der Waals surface area (Å²) in [5, 5.41) is 0. The van der Waals surface area contributed by atoms with Crippen LogP contribution in [0.1, 0.15) is 58.3 Å². The molecule has 1 rings (SSSR count). The van der Waals surface area contributed by atoms with Crippen LogP contribution in [0.15, 0.2) is 0 Å². The molecule has 0 saturated heterocycles. The SMILES string of the molecule is CCCCC1(F)CCCCC1. The van der Waals surface area contributed by atoms with E-state index in [4.69, 9.17) is 0 Å². The molecule has 0 aliphatic heterocycles. The van der Waals surface area contributed by atoms with Gasteiger partial charge in [-0.2, -0.15) is 0 Å². The lowest BCUT2D eigenvalue weighted by molar-refractivity contribution is 0.0935. The zero-order chi connectivity index (χ0) is 8.16. The van der Waals surface area contributed by atoms with Gasteiger partial charge in [0, 0.05) is 0 Å². The summed E-state index contributed by atoms with van der Waals surface area (Å²) in [6.07, 6.45) is 8.13. The Hall–Kier alpha value is -0.0700. The first-order valence-electron chi connectivity index (χ1n) is 4.96. The maximum absolute atomic E-state index is 13.8. The molecule has 0 aromatic carbocycles. The largest absolute Gasteiger partial charge is 0.244 e. The number of alkyl halides is 1. The third-order valence-electron chi connectivity index (χ3n) is 2.73. The van der Waals surface area contributed by atoms with E-state index >= 15 is 0 Å². The molecule has 1 aliphatic rings. The van der Waals surface area contributed by atoms with Gasteiger partial charge in [-0.3, -0.25) is 0 Å². The highest BCUT2D eigenvalue weighted by Crippen LogP contribution is 2.35. The Kier molecular flexibility index (Phi) is 3.35. The first-order valence-corrected chi connectivity index (χ1v) is 4.96. The van der Waals surface area contributed by atoms with Crippen LogP contribution in [-0.4, -0.2) is 5.67 Å². The van der Waals surface area contributed by atoms with Crippen molar-refractivity contribution in [1.82, 2.24) is 0 Å². The standard InChI is InChI=1S/C10H19F/c1-2-3-7-10(11)8-5-4-6-9-10/h2-9H2,1H3. The molecule has 0 bridgehead atoms. The second-order valence-electron chi connectivity index (χ2n) is 3.82. The molecule has 1 aliphatic carbocycles. The Morgan fingerprint density at radius 1 is 1.18 bits per heavy atom. The molecule has 0 spiro atoms. The van der Waals surface area contributed by atoms with Crippen molar-refractivity contribution < 1.29 is 4.39 Å². The van der Waals surface area contributed by atoms with Crippen molar-refractivity contribution in [3.63, 3.8) is 0 Å². The molecule has 0 nitrogen and oxygen atoms in total. The highest BCUT2D eigenvalue weighted by atomic mass is 19.1. The van der Waals surface area contributed by atoms with Gasteiger partial charge in [-0.25, -0.2) is 4.39 Å². The third-order valence-corrected chi connectivity index (χ3v) is 2.73. The Morgan fingerprint density at radius 2 is 1.82 bits per heavy atom. The summed E-state index contributed by atoms with van der Waals surface area (Å²) in [6.45, 7) is 2.13. The average molecular weight is 158 g/mol. The van der Waals surface area contributed by atoms with Crippen molar-refractivity contribution in [2.24, 2.45) is 0 Å². The number of rotatable bonds is 3. The molecule has 0 N–H and O–H groups in total. The lowest BCUT2D eigenvalue weighted by Crippen LogP contribution is -2.25. The van der Waals surface area contributed by atoms with Gasteiger partial charge < -0.3 is 0 Å². The van der Waals surface area contributed by atoms with Crippen LogP contribution >= 0.6 is 0 Å². The maximum atomic E-state index is 13.8. The summed E-state index contributed by atoms with van der Waals surface area (Å²) in [4.78, 5) is 0. The molecular formula is C10H19F. The van der Waals surface area contributed by atoms with E-state index < -0.39 is 5.67 Å². The van der Waals surface area contributed by atoms with E-state index in [0.29, 0.717) is 0 Å². The number of hydrogen-bond acceptors (Lipinski definition) is 0. The molecule has 0 heterocycles. The quantitative estimate of drug-likeness (QED) is 0.585. The zero-order valence-electron chi connectivity index (χ0n) is 7.53. The molecule has 0 amide bonds. The Labute approximate surface area is 69.2 Å². The molecular weight excluding hydrogens is 139 g/mol. The smallest absolute Gasteiger partial charge is 0.111 e. The van der Waals surface area contributed by atoms with Crippen LogP contribution < -0.4 is 0 Å². The lowest BCUT2D eigenvalue weighted by atomic mass is 9.83. The first kappa shape index (κ1) is 9.02. The van der Waals surface area contributed by atoms with Gasteiger partial charge in [0.1, 0.15) is 5.67 Å². The third kappa shape index (κ3) is 2.80. The minimum Gasteiger partial charge on any atom is -0.244 e. The number of hydrogen-bond donors (Lipinski definition) is 0. The van der Waals surface area contributed by atoms with Gasteiger partial charge in [-0.05, 0) is 19.3 Å². The first-order chi connectivity index (χ1) is 5.27. The van der Waals surface area contributed by atoms with Crippen molar-refractivity contribution in [2.45, 2.75) is 64.0 Å². The highest BCUT2D eigenvalue weighted by Gasteiger charge is 2.30.